The van der Waals surface area contributed by atoms with Crippen LogP contribution in [-0.4, -0.2) is 29.1 Å². The summed E-state index contributed by atoms with van der Waals surface area (Å²) >= 11 is 4.81. The van der Waals surface area contributed by atoms with Crippen molar-refractivity contribution in [3.05, 3.63) is 28.2 Å². The Morgan fingerprint density at radius 1 is 1.56 bits per heavy atom. The van der Waals surface area contributed by atoms with E-state index < -0.39 is 0 Å². The highest BCUT2D eigenvalue weighted by molar-refractivity contribution is 9.10. The molecule has 0 atom stereocenters. The summed E-state index contributed by atoms with van der Waals surface area (Å²) < 4.78 is 0.882. The maximum atomic E-state index is 11.5. The van der Waals surface area contributed by atoms with Gasteiger partial charge >= 0.3 is 0 Å². The minimum absolute atomic E-state index is 0.0528. The van der Waals surface area contributed by atoms with Crippen molar-refractivity contribution in [2.75, 3.05) is 23.4 Å². The molecule has 0 unspecified atom stereocenters. The maximum Gasteiger partial charge on any atom is 0.234 e. The van der Waals surface area contributed by atoms with Gasteiger partial charge in [-0.05, 0) is 40.5 Å². The smallest absolute Gasteiger partial charge is 0.234 e. The molecule has 0 aliphatic carbocycles. The molecule has 1 amide bonds. The zero-order chi connectivity index (χ0) is 12.0. The van der Waals surface area contributed by atoms with Crippen molar-refractivity contribution < 1.29 is 9.90 Å². The molecule has 0 saturated carbocycles. The number of halogens is 1. The Kier molecular flexibility index (Phi) is 5.87. The van der Waals surface area contributed by atoms with Crippen LogP contribution in [0.1, 0.15) is 5.56 Å². The number of nitrogens with one attached hydrogen (secondary N) is 1. The highest BCUT2D eigenvalue weighted by Gasteiger charge is 2.05. The van der Waals surface area contributed by atoms with Crippen LogP contribution in [0.25, 0.3) is 0 Å². The topological polar surface area (TPSA) is 49.3 Å². The van der Waals surface area contributed by atoms with Gasteiger partial charge in [-0.2, -0.15) is 0 Å². The molecule has 0 aromatic heterocycles. The first-order chi connectivity index (χ1) is 7.63. The largest absolute Gasteiger partial charge is 0.396 e. The van der Waals surface area contributed by atoms with Crippen LogP contribution in [0.15, 0.2) is 22.7 Å². The molecule has 0 bridgehead atoms. The number of carbonyl (C=O) groups excluding carboxylic acids is 1. The van der Waals surface area contributed by atoms with E-state index in [4.69, 9.17) is 5.11 Å². The Bertz CT molecular complexity index is 371. The van der Waals surface area contributed by atoms with Crippen molar-refractivity contribution in [2.24, 2.45) is 0 Å². The number of carbonyl (C=O) groups is 1. The maximum absolute atomic E-state index is 11.5. The molecule has 3 nitrogen and oxygen atoms in total. The second kappa shape index (κ2) is 6.93. The molecule has 1 aromatic carbocycles. The summed E-state index contributed by atoms with van der Waals surface area (Å²) in [5.74, 6) is 0.895. The minimum atomic E-state index is -0.0528. The molecule has 0 aliphatic rings. The fourth-order valence-corrected chi connectivity index (χ4v) is 2.26. The molecule has 5 heteroatoms. The van der Waals surface area contributed by atoms with Crippen LogP contribution in [-0.2, 0) is 4.79 Å². The molecule has 0 radical (unpaired) electrons. The summed E-state index contributed by atoms with van der Waals surface area (Å²) in [4.78, 5) is 11.5. The van der Waals surface area contributed by atoms with E-state index >= 15 is 0 Å². The van der Waals surface area contributed by atoms with Gasteiger partial charge in [-0.15, -0.1) is 11.8 Å². The molecular weight excluding hydrogens is 290 g/mol. The lowest BCUT2D eigenvalue weighted by Crippen LogP contribution is -2.15. The zero-order valence-corrected chi connectivity index (χ0v) is 11.4. The number of benzene rings is 1. The Labute approximate surface area is 108 Å². The quantitative estimate of drug-likeness (QED) is 0.821. The van der Waals surface area contributed by atoms with E-state index in [1.807, 2.05) is 25.1 Å². The summed E-state index contributed by atoms with van der Waals surface area (Å²) in [5.41, 5.74) is 1.92. The molecule has 1 aromatic rings. The Hall–Kier alpha value is -0.520. The lowest BCUT2D eigenvalue weighted by molar-refractivity contribution is -0.113. The van der Waals surface area contributed by atoms with Gasteiger partial charge in [0.2, 0.25) is 5.91 Å². The first kappa shape index (κ1) is 13.5. The van der Waals surface area contributed by atoms with Gasteiger partial charge < -0.3 is 10.4 Å². The van der Waals surface area contributed by atoms with Gasteiger partial charge in [-0.25, -0.2) is 0 Å². The number of anilines is 1. The fraction of sp³-hybridized carbons (Fsp3) is 0.364. The van der Waals surface area contributed by atoms with Gasteiger partial charge in [0.05, 0.1) is 18.0 Å². The van der Waals surface area contributed by atoms with Crippen molar-refractivity contribution in [3.63, 3.8) is 0 Å². The van der Waals surface area contributed by atoms with Gasteiger partial charge in [0, 0.05) is 10.2 Å². The predicted molar refractivity (Wildman–Crippen MR) is 71.9 cm³/mol. The SMILES string of the molecule is Cc1ccc(NC(=O)CSCCO)c(Br)c1. The summed E-state index contributed by atoms with van der Waals surface area (Å²) in [7, 11) is 0. The average Bonchev–Trinajstić information content (AvgIpc) is 2.23. The Balaban J connectivity index is 2.49. The molecule has 0 spiro atoms. The van der Waals surface area contributed by atoms with E-state index in [-0.39, 0.29) is 12.5 Å². The number of aryl methyl sites for hydroxylation is 1. The lowest BCUT2D eigenvalue weighted by Gasteiger charge is -2.07. The minimum Gasteiger partial charge on any atom is -0.396 e. The standard InChI is InChI=1S/C11H14BrNO2S/c1-8-2-3-10(9(12)6-8)13-11(15)7-16-5-4-14/h2-3,6,14H,4-5,7H2,1H3,(H,13,15). The number of aliphatic hydroxyl groups is 1. The molecule has 0 fully saturated rings. The van der Waals surface area contributed by atoms with Crippen LogP contribution >= 0.6 is 27.7 Å². The van der Waals surface area contributed by atoms with E-state index in [1.54, 1.807) is 0 Å². The Morgan fingerprint density at radius 3 is 2.94 bits per heavy atom. The first-order valence-corrected chi connectivity index (χ1v) is 6.83. The summed E-state index contributed by atoms with van der Waals surface area (Å²) in [6.45, 7) is 2.10. The van der Waals surface area contributed by atoms with Crippen LogP contribution in [0.2, 0.25) is 0 Å². The monoisotopic (exact) mass is 303 g/mol. The van der Waals surface area contributed by atoms with Gasteiger partial charge in [0.15, 0.2) is 0 Å². The summed E-state index contributed by atoms with van der Waals surface area (Å²) in [6, 6.07) is 5.77. The van der Waals surface area contributed by atoms with E-state index in [9.17, 15) is 4.79 Å². The number of rotatable bonds is 5. The van der Waals surface area contributed by atoms with Crippen LogP contribution in [0.4, 0.5) is 5.69 Å². The lowest BCUT2D eigenvalue weighted by atomic mass is 10.2. The highest BCUT2D eigenvalue weighted by Crippen LogP contribution is 2.23. The van der Waals surface area contributed by atoms with E-state index in [1.165, 1.54) is 11.8 Å². The van der Waals surface area contributed by atoms with Crippen LogP contribution in [0, 0.1) is 6.92 Å². The number of hydrogen-bond donors (Lipinski definition) is 2. The highest BCUT2D eigenvalue weighted by atomic mass is 79.9. The van der Waals surface area contributed by atoms with Gasteiger partial charge in [-0.1, -0.05) is 6.07 Å². The third-order valence-electron chi connectivity index (χ3n) is 1.87. The van der Waals surface area contributed by atoms with Crippen molar-refractivity contribution in [1.29, 1.82) is 0 Å². The molecule has 1 rings (SSSR count). The summed E-state index contributed by atoms with van der Waals surface area (Å²) in [6.07, 6.45) is 0. The molecule has 0 heterocycles. The van der Waals surface area contributed by atoms with Crippen molar-refractivity contribution >= 4 is 39.3 Å². The van der Waals surface area contributed by atoms with Crippen molar-refractivity contribution in [2.45, 2.75) is 6.92 Å². The second-order valence-electron chi connectivity index (χ2n) is 3.31. The number of amides is 1. The van der Waals surface area contributed by atoms with Gasteiger partial charge in [0.25, 0.3) is 0 Å². The fourth-order valence-electron chi connectivity index (χ4n) is 1.14. The van der Waals surface area contributed by atoms with Gasteiger partial charge in [-0.3, -0.25) is 4.79 Å². The normalized spacial score (nSPS) is 10.2. The van der Waals surface area contributed by atoms with E-state index in [2.05, 4.69) is 21.2 Å². The van der Waals surface area contributed by atoms with Crippen molar-refractivity contribution in [3.8, 4) is 0 Å². The predicted octanol–water partition coefficient (Wildman–Crippen LogP) is 2.42. The van der Waals surface area contributed by atoms with Crippen molar-refractivity contribution in [1.82, 2.24) is 0 Å². The average molecular weight is 304 g/mol. The number of aliphatic hydroxyl groups excluding tert-OH is 1. The molecule has 88 valence electrons. The van der Waals surface area contributed by atoms with Crippen LogP contribution in [0.5, 0.6) is 0 Å². The molecule has 16 heavy (non-hydrogen) atoms. The second-order valence-corrected chi connectivity index (χ2v) is 5.27. The van der Waals surface area contributed by atoms with Crippen LogP contribution < -0.4 is 5.32 Å². The molecule has 2 N–H and O–H groups in total. The molecule has 0 saturated heterocycles. The zero-order valence-electron chi connectivity index (χ0n) is 9.00. The molecule has 0 aliphatic heterocycles. The van der Waals surface area contributed by atoms with E-state index in [0.717, 1.165) is 15.7 Å². The van der Waals surface area contributed by atoms with E-state index in [0.29, 0.717) is 11.5 Å². The number of thioether (sulfide) groups is 1. The Morgan fingerprint density at radius 2 is 2.31 bits per heavy atom. The first-order valence-electron chi connectivity index (χ1n) is 4.88. The number of hydrogen-bond acceptors (Lipinski definition) is 3. The van der Waals surface area contributed by atoms with Crippen LogP contribution in [0.3, 0.4) is 0 Å². The third kappa shape index (κ3) is 4.55. The van der Waals surface area contributed by atoms with Gasteiger partial charge in [0.1, 0.15) is 0 Å². The molecular formula is C11H14BrNO2S. The summed E-state index contributed by atoms with van der Waals surface area (Å²) in [5, 5.41) is 11.4. The third-order valence-corrected chi connectivity index (χ3v) is 3.46.